The van der Waals surface area contributed by atoms with Crippen LogP contribution in [0, 0.1) is 10.1 Å². The van der Waals surface area contributed by atoms with Crippen molar-refractivity contribution in [3.05, 3.63) is 63.7 Å². The Morgan fingerprint density at radius 3 is 2.41 bits per heavy atom. The number of amides is 1. The highest BCUT2D eigenvalue weighted by atomic mass is 16.6. The number of nitrogens with one attached hydrogen (secondary N) is 1. The molecule has 1 amide bonds. The van der Waals surface area contributed by atoms with Crippen molar-refractivity contribution in [1.82, 2.24) is 0 Å². The van der Waals surface area contributed by atoms with E-state index in [1.807, 2.05) is 0 Å². The molecular formula is C14H9N2O6-. The van der Waals surface area contributed by atoms with Crippen LogP contribution in [-0.2, 0) is 0 Å². The first-order chi connectivity index (χ1) is 10.4. The average Bonchev–Trinajstić information content (AvgIpc) is 2.48. The number of nitro benzene ring substituents is 1. The Morgan fingerprint density at radius 2 is 1.77 bits per heavy atom. The zero-order valence-electron chi connectivity index (χ0n) is 11.0. The molecule has 2 rings (SSSR count). The van der Waals surface area contributed by atoms with Gasteiger partial charge in [-0.15, -0.1) is 0 Å². The smallest absolute Gasteiger partial charge is 0.335 e. The molecule has 112 valence electrons. The lowest BCUT2D eigenvalue weighted by molar-refractivity contribution is -0.385. The Hall–Kier alpha value is -3.42. The van der Waals surface area contributed by atoms with Gasteiger partial charge in [0.15, 0.2) is 0 Å². The molecule has 0 atom stereocenters. The van der Waals surface area contributed by atoms with Gasteiger partial charge in [0.05, 0.1) is 10.5 Å². The van der Waals surface area contributed by atoms with Gasteiger partial charge in [0.25, 0.3) is 11.6 Å². The first-order valence-corrected chi connectivity index (χ1v) is 5.99. The summed E-state index contributed by atoms with van der Waals surface area (Å²) in [5, 5.41) is 33.4. The molecule has 8 nitrogen and oxygen atoms in total. The number of carbonyl (C=O) groups excluding carboxylic acids is 1. The van der Waals surface area contributed by atoms with Gasteiger partial charge in [-0.2, -0.15) is 0 Å². The van der Waals surface area contributed by atoms with Gasteiger partial charge in [-0.3, -0.25) is 14.9 Å². The fourth-order valence-corrected chi connectivity index (χ4v) is 1.80. The van der Waals surface area contributed by atoms with E-state index in [1.165, 1.54) is 30.3 Å². The highest BCUT2D eigenvalue weighted by Crippen LogP contribution is 2.22. The molecule has 0 saturated carbocycles. The Bertz CT molecular complexity index is 772. The van der Waals surface area contributed by atoms with Gasteiger partial charge in [0.1, 0.15) is 5.56 Å². The molecule has 0 saturated heterocycles. The maximum atomic E-state index is 12.1. The van der Waals surface area contributed by atoms with Gasteiger partial charge >= 0.3 is 5.97 Å². The molecule has 2 aromatic rings. The number of carbonyl (C=O) groups is 2. The second kappa shape index (κ2) is 5.92. The van der Waals surface area contributed by atoms with Gasteiger partial charge in [-0.05, 0) is 18.2 Å². The molecule has 0 aliphatic carbocycles. The standard InChI is InChI=1S/C14H10N2O6/c17-12-6-5-8(7-10(12)14(19)20)15-13(18)9-3-1-2-4-11(9)16(21)22/h1-7,17H,(H,15,18)(H,19,20)/p-1. The predicted molar refractivity (Wildman–Crippen MR) is 73.9 cm³/mol. The first-order valence-electron chi connectivity index (χ1n) is 5.99. The largest absolute Gasteiger partial charge is 0.872 e. The lowest BCUT2D eigenvalue weighted by atomic mass is 10.1. The lowest BCUT2D eigenvalue weighted by Crippen LogP contribution is -2.14. The van der Waals surface area contributed by atoms with Crippen LogP contribution in [0.1, 0.15) is 20.7 Å². The van der Waals surface area contributed by atoms with E-state index >= 15 is 0 Å². The molecule has 8 heteroatoms. The average molecular weight is 301 g/mol. The van der Waals surface area contributed by atoms with Gasteiger partial charge in [-0.1, -0.05) is 23.9 Å². The van der Waals surface area contributed by atoms with E-state index in [9.17, 15) is 24.8 Å². The summed E-state index contributed by atoms with van der Waals surface area (Å²) in [6, 6.07) is 8.55. The second-order valence-corrected chi connectivity index (χ2v) is 4.24. The summed E-state index contributed by atoms with van der Waals surface area (Å²) in [4.78, 5) is 33.1. The predicted octanol–water partition coefficient (Wildman–Crippen LogP) is 1.62. The van der Waals surface area contributed by atoms with Crippen molar-refractivity contribution in [3.63, 3.8) is 0 Å². The third-order valence-corrected chi connectivity index (χ3v) is 2.81. The van der Waals surface area contributed by atoms with E-state index in [2.05, 4.69) is 5.32 Å². The summed E-state index contributed by atoms with van der Waals surface area (Å²) in [6.07, 6.45) is 0. The van der Waals surface area contributed by atoms with E-state index in [4.69, 9.17) is 5.11 Å². The third-order valence-electron chi connectivity index (χ3n) is 2.81. The fourth-order valence-electron chi connectivity index (χ4n) is 1.80. The van der Waals surface area contributed by atoms with Crippen molar-refractivity contribution in [3.8, 4) is 5.75 Å². The van der Waals surface area contributed by atoms with E-state index in [0.29, 0.717) is 0 Å². The molecule has 0 aliphatic rings. The van der Waals surface area contributed by atoms with E-state index in [0.717, 1.165) is 12.1 Å². The molecule has 0 spiro atoms. The number of aromatic carboxylic acids is 1. The van der Waals surface area contributed by atoms with Crippen LogP contribution in [0.25, 0.3) is 0 Å². The Morgan fingerprint density at radius 1 is 1.09 bits per heavy atom. The van der Waals surface area contributed by atoms with E-state index in [-0.39, 0.29) is 16.9 Å². The van der Waals surface area contributed by atoms with Crippen molar-refractivity contribution >= 4 is 23.3 Å². The third kappa shape index (κ3) is 3.01. The number of carboxylic acid groups (broad SMARTS) is 1. The summed E-state index contributed by atoms with van der Waals surface area (Å²) in [6.45, 7) is 0. The monoisotopic (exact) mass is 301 g/mol. The number of hydrogen-bond acceptors (Lipinski definition) is 5. The van der Waals surface area contributed by atoms with Gasteiger partial charge in [0, 0.05) is 11.8 Å². The van der Waals surface area contributed by atoms with Crippen LogP contribution in [0.3, 0.4) is 0 Å². The number of carboxylic acids is 1. The quantitative estimate of drug-likeness (QED) is 0.651. The number of para-hydroxylation sites is 1. The number of nitro groups is 1. The van der Waals surface area contributed by atoms with Crippen LogP contribution in [0.5, 0.6) is 5.75 Å². The van der Waals surface area contributed by atoms with Crippen LogP contribution in [0.4, 0.5) is 11.4 Å². The maximum Gasteiger partial charge on any atom is 0.335 e. The minimum Gasteiger partial charge on any atom is -0.872 e. The van der Waals surface area contributed by atoms with Crippen LogP contribution >= 0.6 is 0 Å². The van der Waals surface area contributed by atoms with Crippen molar-refractivity contribution < 1.29 is 24.7 Å². The molecule has 2 aromatic carbocycles. The zero-order chi connectivity index (χ0) is 16.3. The molecular weight excluding hydrogens is 292 g/mol. The molecule has 0 radical (unpaired) electrons. The summed E-state index contributed by atoms with van der Waals surface area (Å²) in [7, 11) is 0. The second-order valence-electron chi connectivity index (χ2n) is 4.24. The summed E-state index contributed by atoms with van der Waals surface area (Å²) in [5.74, 6) is -2.90. The topological polar surface area (TPSA) is 133 Å². The van der Waals surface area contributed by atoms with Crippen LogP contribution in [0.2, 0.25) is 0 Å². The van der Waals surface area contributed by atoms with Gasteiger partial charge in [0.2, 0.25) is 0 Å². The van der Waals surface area contributed by atoms with Crippen LogP contribution < -0.4 is 10.4 Å². The zero-order valence-corrected chi connectivity index (χ0v) is 11.0. The molecule has 0 aromatic heterocycles. The number of hydrogen-bond donors (Lipinski definition) is 2. The molecule has 22 heavy (non-hydrogen) atoms. The first kappa shape index (κ1) is 15.0. The fraction of sp³-hybridized carbons (Fsp3) is 0. The molecule has 2 N–H and O–H groups in total. The highest BCUT2D eigenvalue weighted by molar-refractivity contribution is 6.07. The number of anilines is 1. The van der Waals surface area contributed by atoms with Crippen molar-refractivity contribution in [2.75, 3.05) is 5.32 Å². The van der Waals surface area contributed by atoms with Gasteiger partial charge < -0.3 is 15.5 Å². The Labute approximate surface area is 123 Å². The molecule has 0 unspecified atom stereocenters. The van der Waals surface area contributed by atoms with Crippen molar-refractivity contribution in [2.45, 2.75) is 0 Å². The molecule has 0 bridgehead atoms. The Kier molecular flexibility index (Phi) is 4.03. The minimum atomic E-state index is -1.42. The molecule has 0 fully saturated rings. The van der Waals surface area contributed by atoms with Crippen molar-refractivity contribution in [2.24, 2.45) is 0 Å². The molecule has 0 heterocycles. The van der Waals surface area contributed by atoms with Crippen LogP contribution in [0.15, 0.2) is 42.5 Å². The summed E-state index contributed by atoms with van der Waals surface area (Å²) < 4.78 is 0. The highest BCUT2D eigenvalue weighted by Gasteiger charge is 2.19. The maximum absolute atomic E-state index is 12.1. The lowest BCUT2D eigenvalue weighted by Gasteiger charge is -2.12. The van der Waals surface area contributed by atoms with Crippen molar-refractivity contribution in [1.29, 1.82) is 0 Å². The number of benzene rings is 2. The van der Waals surface area contributed by atoms with Crippen LogP contribution in [-0.4, -0.2) is 21.9 Å². The van der Waals surface area contributed by atoms with Gasteiger partial charge in [-0.25, -0.2) is 4.79 Å². The normalized spacial score (nSPS) is 10.0. The van der Waals surface area contributed by atoms with E-state index in [1.54, 1.807) is 0 Å². The summed E-state index contributed by atoms with van der Waals surface area (Å²) >= 11 is 0. The van der Waals surface area contributed by atoms with E-state index < -0.39 is 28.1 Å². The number of rotatable bonds is 4. The minimum absolute atomic E-state index is 0.0557. The molecule has 0 aliphatic heterocycles. The Balaban J connectivity index is 2.32. The number of nitrogens with zero attached hydrogens (tertiary/aromatic N) is 1. The SMILES string of the molecule is O=C(O)c1cc(NC(=O)c2ccccc2[N+](=O)[O-])ccc1[O-]. The summed E-state index contributed by atoms with van der Waals surface area (Å²) in [5.41, 5.74) is -0.991.